The molecule has 0 bridgehead atoms. The molecule has 0 radical (unpaired) electrons. The van der Waals surface area contributed by atoms with E-state index in [0.29, 0.717) is 17.6 Å². The monoisotopic (exact) mass is 805 g/mol. The molecule has 0 spiro atoms. The normalized spacial score (nSPS) is 11.8. The van der Waals surface area contributed by atoms with E-state index in [9.17, 15) is 0 Å². The molecule has 6 heteroatoms. The van der Waals surface area contributed by atoms with Crippen LogP contribution in [0.5, 0.6) is 0 Å². The van der Waals surface area contributed by atoms with Gasteiger partial charge in [0.1, 0.15) is 11.2 Å². The van der Waals surface area contributed by atoms with Crippen molar-refractivity contribution in [1.82, 2.24) is 24.1 Å². The van der Waals surface area contributed by atoms with Crippen LogP contribution in [0, 0.1) is 0 Å². The van der Waals surface area contributed by atoms with Gasteiger partial charge in [0, 0.05) is 49.1 Å². The summed E-state index contributed by atoms with van der Waals surface area (Å²) in [6.45, 7) is 0. The summed E-state index contributed by atoms with van der Waals surface area (Å²) in [5, 5.41) is 6.82. The highest BCUT2D eigenvalue weighted by Crippen LogP contribution is 2.41. The number of rotatable bonds is 6. The molecule has 0 atom stereocenters. The highest BCUT2D eigenvalue weighted by molar-refractivity contribution is 6.14. The third-order valence-electron chi connectivity index (χ3n) is 12.4. The molecular weight excluding hydrogens is 771 g/mol. The lowest BCUT2D eigenvalue weighted by Crippen LogP contribution is -2.06. The Labute approximate surface area is 361 Å². The molecule has 0 aliphatic carbocycles. The van der Waals surface area contributed by atoms with Crippen LogP contribution in [0.25, 0.3) is 122 Å². The summed E-state index contributed by atoms with van der Waals surface area (Å²) in [6, 6.07) is 74.6. The fourth-order valence-electron chi connectivity index (χ4n) is 9.54. The Morgan fingerprint density at radius 1 is 0.317 bits per heavy atom. The molecule has 0 saturated heterocycles. The van der Waals surface area contributed by atoms with Crippen molar-refractivity contribution in [3.63, 3.8) is 0 Å². The fourth-order valence-corrected chi connectivity index (χ4v) is 9.54. The summed E-state index contributed by atoms with van der Waals surface area (Å²) in [7, 11) is 0. The predicted octanol–water partition coefficient (Wildman–Crippen LogP) is 14.6. The molecule has 0 aliphatic rings. The quantitative estimate of drug-likeness (QED) is 0.168. The summed E-state index contributed by atoms with van der Waals surface area (Å²) in [5.41, 5.74) is 13.3. The Balaban J connectivity index is 1.07. The zero-order chi connectivity index (χ0) is 41.4. The first-order chi connectivity index (χ1) is 31.2. The molecule has 9 aromatic carbocycles. The van der Waals surface area contributed by atoms with Gasteiger partial charge in [-0.25, -0.2) is 4.98 Å². The van der Waals surface area contributed by atoms with Crippen molar-refractivity contribution in [2.24, 2.45) is 0 Å². The van der Waals surface area contributed by atoms with Crippen LogP contribution >= 0.6 is 0 Å². The van der Waals surface area contributed by atoms with E-state index >= 15 is 0 Å². The summed E-state index contributed by atoms with van der Waals surface area (Å²) in [5.74, 6) is 1.77. The third-order valence-corrected chi connectivity index (χ3v) is 12.4. The van der Waals surface area contributed by atoms with Crippen LogP contribution in [0.3, 0.4) is 0 Å². The Hall–Kier alpha value is -8.61. The van der Waals surface area contributed by atoms with E-state index in [4.69, 9.17) is 19.4 Å². The van der Waals surface area contributed by atoms with Gasteiger partial charge in [0.05, 0.1) is 22.1 Å². The van der Waals surface area contributed by atoms with E-state index < -0.39 is 0 Å². The second kappa shape index (κ2) is 14.0. The molecule has 0 aliphatic heterocycles. The van der Waals surface area contributed by atoms with Crippen LogP contribution in [-0.4, -0.2) is 24.1 Å². The van der Waals surface area contributed by atoms with Crippen LogP contribution in [0.1, 0.15) is 0 Å². The Kier molecular flexibility index (Phi) is 7.80. The Bertz CT molecular complexity index is 3860. The number of fused-ring (bicyclic) bond motifs is 9. The maximum Gasteiger partial charge on any atom is 0.238 e. The highest BCUT2D eigenvalue weighted by Gasteiger charge is 2.21. The summed E-state index contributed by atoms with van der Waals surface area (Å²) >= 11 is 0. The van der Waals surface area contributed by atoms with Crippen molar-refractivity contribution in [2.45, 2.75) is 0 Å². The van der Waals surface area contributed by atoms with Crippen molar-refractivity contribution in [1.29, 1.82) is 0 Å². The zero-order valence-corrected chi connectivity index (χ0v) is 33.9. The Morgan fingerprint density at radius 2 is 0.857 bits per heavy atom. The van der Waals surface area contributed by atoms with E-state index in [-0.39, 0.29) is 0 Å². The van der Waals surface area contributed by atoms with E-state index in [1.807, 2.05) is 30.3 Å². The van der Waals surface area contributed by atoms with Crippen LogP contribution in [0.2, 0.25) is 0 Å². The first-order valence-corrected chi connectivity index (χ1v) is 21.2. The maximum atomic E-state index is 6.39. The number of benzene rings is 9. The molecular formula is C57H35N5O. The minimum absolute atomic E-state index is 0.568. The lowest BCUT2D eigenvalue weighted by Gasteiger charge is -2.15. The van der Waals surface area contributed by atoms with Gasteiger partial charge in [-0.3, -0.25) is 4.57 Å². The number of furan rings is 1. The van der Waals surface area contributed by atoms with Crippen LogP contribution in [0.15, 0.2) is 217 Å². The lowest BCUT2D eigenvalue weighted by molar-refractivity contribution is 0.669. The topological polar surface area (TPSA) is 61.7 Å². The molecule has 6 nitrogen and oxygen atoms in total. The van der Waals surface area contributed by atoms with E-state index in [2.05, 4.69) is 191 Å². The smallest absolute Gasteiger partial charge is 0.238 e. The molecule has 0 unspecified atom stereocenters. The van der Waals surface area contributed by atoms with Gasteiger partial charge in [-0.2, -0.15) is 9.97 Å². The molecule has 4 heterocycles. The first kappa shape index (κ1) is 35.2. The van der Waals surface area contributed by atoms with Gasteiger partial charge >= 0.3 is 0 Å². The van der Waals surface area contributed by atoms with Gasteiger partial charge in [0.2, 0.25) is 5.95 Å². The molecule has 0 fully saturated rings. The fraction of sp³-hybridized carbons (Fsp3) is 0. The number of para-hydroxylation sites is 4. The minimum atomic E-state index is 0.568. The van der Waals surface area contributed by atoms with Gasteiger partial charge in [0.15, 0.2) is 11.6 Å². The van der Waals surface area contributed by atoms with Crippen molar-refractivity contribution < 1.29 is 4.42 Å². The van der Waals surface area contributed by atoms with Crippen molar-refractivity contribution in [3.05, 3.63) is 212 Å². The average Bonchev–Trinajstić information content (AvgIpc) is 4.02. The van der Waals surface area contributed by atoms with Crippen LogP contribution < -0.4 is 0 Å². The molecule has 13 rings (SSSR count). The third kappa shape index (κ3) is 5.62. The number of nitrogens with zero attached hydrogens (tertiary/aromatic N) is 5. The van der Waals surface area contributed by atoms with Crippen molar-refractivity contribution in [3.8, 4) is 56.7 Å². The van der Waals surface area contributed by atoms with E-state index in [1.54, 1.807) is 0 Å². The van der Waals surface area contributed by atoms with Gasteiger partial charge in [-0.05, 0) is 76.9 Å². The van der Waals surface area contributed by atoms with Gasteiger partial charge < -0.3 is 8.98 Å². The van der Waals surface area contributed by atoms with Crippen molar-refractivity contribution >= 4 is 65.6 Å². The number of hydrogen-bond acceptors (Lipinski definition) is 4. The molecule has 0 saturated carbocycles. The van der Waals surface area contributed by atoms with Gasteiger partial charge in [-0.1, -0.05) is 158 Å². The van der Waals surface area contributed by atoms with Crippen molar-refractivity contribution in [2.75, 3.05) is 0 Å². The first-order valence-electron chi connectivity index (χ1n) is 21.2. The SMILES string of the molecule is c1ccc(-c2cc(-c3cccc4oc5ccccc5c34)cc(-n3c4ccccc4c4ccc(-c5nc(-c6ccccc6)nc(-n6c7ccccc7c7ccccc76)n5)cc43)c2)cc1. The van der Waals surface area contributed by atoms with Gasteiger partial charge in [0.25, 0.3) is 0 Å². The summed E-state index contributed by atoms with van der Waals surface area (Å²) in [4.78, 5) is 15.7. The largest absolute Gasteiger partial charge is 0.456 e. The molecule has 13 aromatic rings. The van der Waals surface area contributed by atoms with Crippen LogP contribution in [0.4, 0.5) is 0 Å². The second-order valence-corrected chi connectivity index (χ2v) is 16.0. The summed E-state index contributed by atoms with van der Waals surface area (Å²) < 4.78 is 10.9. The maximum absolute atomic E-state index is 6.39. The zero-order valence-electron chi connectivity index (χ0n) is 33.9. The minimum Gasteiger partial charge on any atom is -0.456 e. The van der Waals surface area contributed by atoms with Gasteiger partial charge in [-0.15, -0.1) is 0 Å². The standard InChI is InChI=1S/C57H35N5O/c1-3-16-36(17-4-1)39-32-40(42-24-15-29-53-54(42)47-23-10-14-28-52(47)63-53)34-41(33-39)61-48-25-11-7-22-45(48)46-31-30-38(35-51(46)61)56-58-55(37-18-5-2-6-19-37)59-57(60-56)62-49-26-12-8-20-43(49)44-21-9-13-27-50(44)62/h1-35H. The van der Waals surface area contributed by atoms with Crippen LogP contribution in [-0.2, 0) is 0 Å². The number of aromatic nitrogens is 5. The molecule has 0 amide bonds. The molecule has 294 valence electrons. The Morgan fingerprint density at radius 3 is 1.56 bits per heavy atom. The number of hydrogen-bond donors (Lipinski definition) is 0. The highest BCUT2D eigenvalue weighted by atomic mass is 16.3. The predicted molar refractivity (Wildman–Crippen MR) is 258 cm³/mol. The van der Waals surface area contributed by atoms with E-state index in [0.717, 1.165) is 99.2 Å². The lowest BCUT2D eigenvalue weighted by atomic mass is 9.95. The summed E-state index contributed by atoms with van der Waals surface area (Å²) in [6.07, 6.45) is 0. The van der Waals surface area contributed by atoms with E-state index in [1.165, 1.54) is 5.39 Å². The molecule has 4 aromatic heterocycles. The molecule has 63 heavy (non-hydrogen) atoms. The second-order valence-electron chi connectivity index (χ2n) is 16.0. The average molecular weight is 806 g/mol. The molecule has 0 N–H and O–H groups in total.